The molecule has 0 aliphatic rings. The summed E-state index contributed by atoms with van der Waals surface area (Å²) in [5.74, 6) is -1.20. The molecule has 0 unspecified atom stereocenters. The van der Waals surface area contributed by atoms with Gasteiger partial charge in [0.1, 0.15) is 10.7 Å². The lowest BCUT2D eigenvalue weighted by atomic mass is 10.1. The van der Waals surface area contributed by atoms with Crippen molar-refractivity contribution in [2.75, 3.05) is 26.0 Å². The van der Waals surface area contributed by atoms with Gasteiger partial charge in [0.2, 0.25) is 0 Å². The van der Waals surface area contributed by atoms with Gasteiger partial charge < -0.3 is 15.0 Å². The van der Waals surface area contributed by atoms with Crippen LogP contribution >= 0.6 is 33.9 Å². The molecule has 0 atom stereocenters. The fraction of sp³-hybridized carbons (Fsp3) is 0.412. The molecule has 0 aromatic carbocycles. The van der Waals surface area contributed by atoms with Crippen molar-refractivity contribution in [3.8, 4) is 0 Å². The highest BCUT2D eigenvalue weighted by molar-refractivity contribution is 14.1. The maximum atomic E-state index is 12.7. The number of aryl methyl sites for hydroxylation is 1. The molecule has 0 aliphatic carbocycles. The van der Waals surface area contributed by atoms with Crippen LogP contribution in [0.25, 0.3) is 0 Å². The van der Waals surface area contributed by atoms with Gasteiger partial charge in [-0.25, -0.2) is 4.79 Å². The van der Waals surface area contributed by atoms with Crippen molar-refractivity contribution in [1.29, 1.82) is 0 Å². The van der Waals surface area contributed by atoms with Gasteiger partial charge in [-0.05, 0) is 41.5 Å². The Morgan fingerprint density at radius 1 is 1.37 bits per heavy atom. The van der Waals surface area contributed by atoms with E-state index >= 15 is 0 Å². The highest BCUT2D eigenvalue weighted by Crippen LogP contribution is 2.35. The number of aromatic nitrogens is 2. The summed E-state index contributed by atoms with van der Waals surface area (Å²) >= 11 is 3.08. The summed E-state index contributed by atoms with van der Waals surface area (Å²) in [4.78, 5) is 39.5. The normalized spacial score (nSPS) is 10.6. The number of nitrogens with zero attached hydrogens (tertiary/aromatic N) is 3. The predicted molar refractivity (Wildman–Crippen MR) is 112 cm³/mol. The van der Waals surface area contributed by atoms with E-state index in [0.717, 1.165) is 11.3 Å². The minimum absolute atomic E-state index is 0.212. The Morgan fingerprint density at radius 3 is 2.56 bits per heavy atom. The second-order valence-corrected chi connectivity index (χ2v) is 8.20. The van der Waals surface area contributed by atoms with Gasteiger partial charge in [-0.1, -0.05) is 6.92 Å². The SMILES string of the molecule is CCCOC(=O)c1c(NC(=O)c2c(I)cnn2C)sc(C(=O)N(C)C)c1C. The lowest BCUT2D eigenvalue weighted by molar-refractivity contribution is 0.0506. The zero-order valence-electron chi connectivity index (χ0n) is 15.8. The molecule has 1 N–H and O–H groups in total. The number of ether oxygens (including phenoxy) is 1. The first-order chi connectivity index (χ1) is 12.7. The van der Waals surface area contributed by atoms with Crippen molar-refractivity contribution in [3.05, 3.63) is 31.5 Å². The minimum Gasteiger partial charge on any atom is -0.462 e. The van der Waals surface area contributed by atoms with Crippen LogP contribution in [0.5, 0.6) is 0 Å². The zero-order chi connectivity index (χ0) is 20.3. The van der Waals surface area contributed by atoms with E-state index in [1.807, 2.05) is 29.5 Å². The number of nitrogens with one attached hydrogen (secondary N) is 1. The Morgan fingerprint density at radius 2 is 2.04 bits per heavy atom. The quantitative estimate of drug-likeness (QED) is 0.483. The zero-order valence-corrected chi connectivity index (χ0v) is 18.7. The minimum atomic E-state index is -0.557. The molecule has 2 rings (SSSR count). The molecule has 2 amide bonds. The molecule has 0 saturated heterocycles. The summed E-state index contributed by atoms with van der Waals surface area (Å²) in [5, 5.41) is 7.09. The van der Waals surface area contributed by atoms with Crippen molar-refractivity contribution in [2.24, 2.45) is 7.05 Å². The molecule has 10 heteroatoms. The van der Waals surface area contributed by atoms with Crippen LogP contribution in [0, 0.1) is 10.5 Å². The Balaban J connectivity index is 2.47. The van der Waals surface area contributed by atoms with E-state index in [0.29, 0.717) is 31.1 Å². The van der Waals surface area contributed by atoms with Crippen molar-refractivity contribution < 1.29 is 19.1 Å². The monoisotopic (exact) mass is 504 g/mol. The van der Waals surface area contributed by atoms with Crippen LogP contribution in [-0.4, -0.2) is 53.2 Å². The van der Waals surface area contributed by atoms with E-state index in [2.05, 4.69) is 10.4 Å². The summed E-state index contributed by atoms with van der Waals surface area (Å²) < 4.78 is 7.38. The molecule has 0 fully saturated rings. The number of anilines is 1. The first-order valence-corrected chi connectivity index (χ1v) is 10.1. The summed E-state index contributed by atoms with van der Waals surface area (Å²) in [6, 6.07) is 0. The third kappa shape index (κ3) is 4.49. The molecule has 0 saturated carbocycles. The summed E-state index contributed by atoms with van der Waals surface area (Å²) in [5.41, 5.74) is 1.08. The first kappa shape index (κ1) is 21.4. The van der Waals surface area contributed by atoms with Crippen molar-refractivity contribution in [2.45, 2.75) is 20.3 Å². The van der Waals surface area contributed by atoms with E-state index in [-0.39, 0.29) is 18.1 Å². The smallest absolute Gasteiger partial charge is 0.341 e. The Kier molecular flexibility index (Phi) is 6.98. The summed E-state index contributed by atoms with van der Waals surface area (Å²) in [7, 11) is 4.92. The van der Waals surface area contributed by atoms with Gasteiger partial charge in [0, 0.05) is 21.1 Å². The maximum absolute atomic E-state index is 12.7. The molecule has 27 heavy (non-hydrogen) atoms. The number of thiophene rings is 1. The highest BCUT2D eigenvalue weighted by Gasteiger charge is 2.28. The van der Waals surface area contributed by atoms with E-state index < -0.39 is 11.9 Å². The molecule has 0 spiro atoms. The van der Waals surface area contributed by atoms with E-state index in [4.69, 9.17) is 4.74 Å². The van der Waals surface area contributed by atoms with Crippen molar-refractivity contribution >= 4 is 56.7 Å². The molecule has 146 valence electrons. The largest absolute Gasteiger partial charge is 0.462 e. The standard InChI is InChI=1S/C17H21IN4O4S/c1-6-7-26-17(25)11-9(2)13(16(24)21(3)4)27-15(11)20-14(23)12-10(18)8-19-22(12)5/h8H,6-7H2,1-5H3,(H,20,23). The molecule has 0 aliphatic heterocycles. The van der Waals surface area contributed by atoms with Gasteiger partial charge >= 0.3 is 5.97 Å². The van der Waals surface area contributed by atoms with Gasteiger partial charge in [-0.3, -0.25) is 14.3 Å². The van der Waals surface area contributed by atoms with Crippen LogP contribution in [0.1, 0.15) is 49.4 Å². The Hall–Kier alpha value is -1.95. The second-order valence-electron chi connectivity index (χ2n) is 6.01. The molecule has 0 bridgehead atoms. The Bertz CT molecular complexity index is 868. The average Bonchev–Trinajstić information content (AvgIpc) is 3.11. The molecular formula is C17H21IN4O4S. The van der Waals surface area contributed by atoms with Gasteiger partial charge in [-0.2, -0.15) is 5.10 Å². The third-order valence-electron chi connectivity index (χ3n) is 3.72. The van der Waals surface area contributed by atoms with Crippen LogP contribution in [-0.2, 0) is 11.8 Å². The van der Waals surface area contributed by atoms with Crippen LogP contribution in [0.2, 0.25) is 0 Å². The molecule has 2 aromatic heterocycles. The third-order valence-corrected chi connectivity index (χ3v) is 5.71. The fourth-order valence-corrected chi connectivity index (χ4v) is 4.28. The number of hydrogen-bond acceptors (Lipinski definition) is 6. The van der Waals surface area contributed by atoms with E-state index in [9.17, 15) is 14.4 Å². The van der Waals surface area contributed by atoms with Crippen LogP contribution < -0.4 is 5.32 Å². The molecule has 0 radical (unpaired) electrons. The van der Waals surface area contributed by atoms with E-state index in [1.165, 1.54) is 9.58 Å². The molecule has 2 heterocycles. The van der Waals surface area contributed by atoms with Crippen molar-refractivity contribution in [1.82, 2.24) is 14.7 Å². The maximum Gasteiger partial charge on any atom is 0.341 e. The molecule has 2 aromatic rings. The predicted octanol–water partition coefficient (Wildman–Crippen LogP) is 2.92. The van der Waals surface area contributed by atoms with Gasteiger partial charge in [0.15, 0.2) is 0 Å². The topological polar surface area (TPSA) is 93.5 Å². The van der Waals surface area contributed by atoms with Crippen LogP contribution in [0.4, 0.5) is 5.00 Å². The lowest BCUT2D eigenvalue weighted by Gasteiger charge is -2.09. The average molecular weight is 504 g/mol. The number of esters is 1. The molecule has 8 nitrogen and oxygen atoms in total. The number of halogens is 1. The van der Waals surface area contributed by atoms with Crippen LogP contribution in [0.15, 0.2) is 6.20 Å². The Labute approximate surface area is 175 Å². The van der Waals surface area contributed by atoms with Gasteiger partial charge in [0.05, 0.1) is 26.8 Å². The second kappa shape index (κ2) is 8.83. The fourth-order valence-electron chi connectivity index (χ4n) is 2.35. The van der Waals surface area contributed by atoms with Gasteiger partial charge in [-0.15, -0.1) is 11.3 Å². The first-order valence-electron chi connectivity index (χ1n) is 8.20. The molecular weight excluding hydrogens is 483 g/mol. The van der Waals surface area contributed by atoms with Crippen molar-refractivity contribution in [3.63, 3.8) is 0 Å². The summed E-state index contributed by atoms with van der Waals surface area (Å²) in [6.07, 6.45) is 2.25. The number of carbonyl (C=O) groups is 3. The number of rotatable bonds is 6. The number of amides is 2. The summed E-state index contributed by atoms with van der Waals surface area (Å²) in [6.45, 7) is 3.83. The van der Waals surface area contributed by atoms with Gasteiger partial charge in [0.25, 0.3) is 11.8 Å². The van der Waals surface area contributed by atoms with Crippen LogP contribution in [0.3, 0.4) is 0 Å². The van der Waals surface area contributed by atoms with E-state index in [1.54, 1.807) is 34.3 Å². The number of hydrogen-bond donors (Lipinski definition) is 1. The highest BCUT2D eigenvalue weighted by atomic mass is 127. The lowest BCUT2D eigenvalue weighted by Crippen LogP contribution is -2.21. The number of carbonyl (C=O) groups excluding carboxylic acids is 3.